The van der Waals surface area contributed by atoms with Crippen molar-refractivity contribution in [1.82, 2.24) is 0 Å². The van der Waals surface area contributed by atoms with Crippen molar-refractivity contribution in [3.63, 3.8) is 0 Å². The van der Waals surface area contributed by atoms with Crippen molar-refractivity contribution >= 4 is 0 Å². The molecule has 0 aliphatic carbocycles. The van der Waals surface area contributed by atoms with E-state index in [0.717, 1.165) is 6.42 Å². The SMILES string of the molecule is CC1(C)CC(C(N)C(C)(C)c2ccccc2)C(C)(C)O1. The molecule has 1 aliphatic heterocycles. The Labute approximate surface area is 123 Å². The Morgan fingerprint density at radius 2 is 1.70 bits per heavy atom. The average Bonchev–Trinajstić information content (AvgIpc) is 2.57. The van der Waals surface area contributed by atoms with Crippen LogP contribution in [0.15, 0.2) is 30.3 Å². The van der Waals surface area contributed by atoms with Crippen LogP contribution in [0.1, 0.15) is 53.5 Å². The van der Waals surface area contributed by atoms with Crippen LogP contribution in [-0.2, 0) is 10.2 Å². The van der Waals surface area contributed by atoms with Gasteiger partial charge < -0.3 is 10.5 Å². The quantitative estimate of drug-likeness (QED) is 0.908. The van der Waals surface area contributed by atoms with Crippen molar-refractivity contribution in [2.24, 2.45) is 11.7 Å². The standard InChI is InChI=1S/C18H29NO/c1-16(2)12-14(18(5,6)20-16)15(19)17(3,4)13-10-8-7-9-11-13/h7-11,14-15H,12,19H2,1-6H3. The van der Waals surface area contributed by atoms with Crippen LogP contribution >= 0.6 is 0 Å². The summed E-state index contributed by atoms with van der Waals surface area (Å²) in [6.07, 6.45) is 1.01. The van der Waals surface area contributed by atoms with Crippen LogP contribution in [0, 0.1) is 5.92 Å². The maximum absolute atomic E-state index is 6.71. The van der Waals surface area contributed by atoms with E-state index in [1.165, 1.54) is 5.56 Å². The van der Waals surface area contributed by atoms with Crippen LogP contribution in [0.2, 0.25) is 0 Å². The van der Waals surface area contributed by atoms with E-state index in [1.807, 2.05) is 0 Å². The van der Waals surface area contributed by atoms with Gasteiger partial charge in [-0.25, -0.2) is 0 Å². The van der Waals surface area contributed by atoms with Crippen LogP contribution in [-0.4, -0.2) is 17.2 Å². The number of nitrogens with two attached hydrogens (primary N) is 1. The van der Waals surface area contributed by atoms with Gasteiger partial charge in [0.25, 0.3) is 0 Å². The molecule has 2 N–H and O–H groups in total. The second-order valence-corrected chi connectivity index (χ2v) is 7.89. The molecule has 1 saturated heterocycles. The van der Waals surface area contributed by atoms with Crippen molar-refractivity contribution in [2.45, 2.75) is 70.6 Å². The van der Waals surface area contributed by atoms with E-state index in [-0.39, 0.29) is 22.7 Å². The van der Waals surface area contributed by atoms with Gasteiger partial charge in [-0.3, -0.25) is 0 Å². The van der Waals surface area contributed by atoms with Crippen molar-refractivity contribution in [2.75, 3.05) is 0 Å². The van der Waals surface area contributed by atoms with Gasteiger partial charge in [0.1, 0.15) is 0 Å². The molecule has 2 atom stereocenters. The largest absolute Gasteiger partial charge is 0.369 e. The number of benzene rings is 1. The minimum atomic E-state index is -0.172. The zero-order valence-electron chi connectivity index (χ0n) is 13.7. The van der Waals surface area contributed by atoms with E-state index in [1.54, 1.807) is 0 Å². The van der Waals surface area contributed by atoms with Crippen LogP contribution in [0.5, 0.6) is 0 Å². The molecule has 2 heteroatoms. The molecule has 2 rings (SSSR count). The second kappa shape index (κ2) is 4.85. The molecule has 20 heavy (non-hydrogen) atoms. The van der Waals surface area contributed by atoms with Crippen molar-refractivity contribution in [1.29, 1.82) is 0 Å². The number of ether oxygens (including phenoxy) is 1. The van der Waals surface area contributed by atoms with Crippen molar-refractivity contribution in [3.8, 4) is 0 Å². The van der Waals surface area contributed by atoms with Gasteiger partial charge in [-0.1, -0.05) is 44.2 Å². The lowest BCUT2D eigenvalue weighted by molar-refractivity contribution is -0.0784. The minimum absolute atomic E-state index is 0.0625. The Morgan fingerprint density at radius 3 is 2.15 bits per heavy atom. The van der Waals surface area contributed by atoms with Crippen LogP contribution < -0.4 is 5.73 Å². The predicted octanol–water partition coefficient (Wildman–Crippen LogP) is 3.89. The summed E-state index contributed by atoms with van der Waals surface area (Å²) in [5.74, 6) is 0.354. The lowest BCUT2D eigenvalue weighted by Crippen LogP contribution is -2.51. The van der Waals surface area contributed by atoms with Crippen molar-refractivity contribution < 1.29 is 4.74 Å². The molecule has 1 aliphatic rings. The highest BCUT2D eigenvalue weighted by Gasteiger charge is 2.51. The third-order valence-electron chi connectivity index (χ3n) is 4.93. The first-order valence-electron chi connectivity index (χ1n) is 7.57. The second-order valence-electron chi connectivity index (χ2n) is 7.89. The molecule has 0 radical (unpaired) electrons. The molecule has 1 fully saturated rings. The summed E-state index contributed by atoms with van der Waals surface area (Å²) in [5, 5.41) is 0. The normalized spacial score (nSPS) is 26.4. The molecule has 0 aromatic heterocycles. The van der Waals surface area contributed by atoms with Gasteiger partial charge in [0.15, 0.2) is 0 Å². The van der Waals surface area contributed by atoms with Gasteiger partial charge in [-0.05, 0) is 39.7 Å². The van der Waals surface area contributed by atoms with E-state index in [4.69, 9.17) is 10.5 Å². The molecule has 1 aromatic rings. The fourth-order valence-corrected chi connectivity index (χ4v) is 3.73. The average molecular weight is 275 g/mol. The molecule has 0 bridgehead atoms. The highest BCUT2D eigenvalue weighted by atomic mass is 16.5. The number of hydrogen-bond acceptors (Lipinski definition) is 2. The van der Waals surface area contributed by atoms with Crippen molar-refractivity contribution in [3.05, 3.63) is 35.9 Å². The molecule has 1 aromatic carbocycles. The molecule has 1 heterocycles. The fraction of sp³-hybridized carbons (Fsp3) is 0.667. The van der Waals surface area contributed by atoms with Gasteiger partial charge in [0, 0.05) is 17.4 Å². The zero-order valence-corrected chi connectivity index (χ0v) is 13.7. The molecule has 112 valence electrons. The van der Waals surface area contributed by atoms with Gasteiger partial charge in [-0.2, -0.15) is 0 Å². The summed E-state index contributed by atoms with van der Waals surface area (Å²) >= 11 is 0. The van der Waals surface area contributed by atoms with Gasteiger partial charge in [-0.15, -0.1) is 0 Å². The maximum Gasteiger partial charge on any atom is 0.0677 e. The summed E-state index contributed by atoms with van der Waals surface area (Å²) in [6, 6.07) is 10.6. The summed E-state index contributed by atoms with van der Waals surface area (Å²) in [7, 11) is 0. The Hall–Kier alpha value is -0.860. The molecular formula is C18H29NO. The lowest BCUT2D eigenvalue weighted by atomic mass is 9.68. The van der Waals surface area contributed by atoms with E-state index in [9.17, 15) is 0 Å². The summed E-state index contributed by atoms with van der Waals surface area (Å²) in [4.78, 5) is 0. The molecular weight excluding hydrogens is 246 g/mol. The smallest absolute Gasteiger partial charge is 0.0677 e. The lowest BCUT2D eigenvalue weighted by Gasteiger charge is -2.40. The Kier molecular flexibility index (Phi) is 3.77. The molecule has 0 saturated carbocycles. The van der Waals surface area contributed by atoms with E-state index >= 15 is 0 Å². The summed E-state index contributed by atoms with van der Waals surface area (Å²) in [6.45, 7) is 13.2. The zero-order chi connectivity index (χ0) is 15.2. The van der Waals surface area contributed by atoms with Gasteiger partial charge in [0.2, 0.25) is 0 Å². The fourth-order valence-electron chi connectivity index (χ4n) is 3.73. The third kappa shape index (κ3) is 2.77. The third-order valence-corrected chi connectivity index (χ3v) is 4.93. The van der Waals surface area contributed by atoms with E-state index in [2.05, 4.69) is 71.9 Å². The van der Waals surface area contributed by atoms with Crippen LogP contribution in [0.3, 0.4) is 0 Å². The maximum atomic E-state index is 6.71. The Morgan fingerprint density at radius 1 is 1.15 bits per heavy atom. The van der Waals surface area contributed by atoms with Gasteiger partial charge >= 0.3 is 0 Å². The molecule has 0 amide bonds. The molecule has 0 spiro atoms. The van der Waals surface area contributed by atoms with E-state index < -0.39 is 0 Å². The Bertz CT molecular complexity index is 462. The number of hydrogen-bond donors (Lipinski definition) is 1. The first-order chi connectivity index (χ1) is 9.06. The van der Waals surface area contributed by atoms with Crippen LogP contribution in [0.4, 0.5) is 0 Å². The molecule has 2 unspecified atom stereocenters. The summed E-state index contributed by atoms with van der Waals surface area (Å²) < 4.78 is 6.22. The predicted molar refractivity (Wildman–Crippen MR) is 84.8 cm³/mol. The molecule has 2 nitrogen and oxygen atoms in total. The minimum Gasteiger partial charge on any atom is -0.369 e. The Balaban J connectivity index is 2.29. The number of rotatable bonds is 3. The van der Waals surface area contributed by atoms with Gasteiger partial charge in [0.05, 0.1) is 11.2 Å². The van der Waals surface area contributed by atoms with E-state index in [0.29, 0.717) is 5.92 Å². The monoisotopic (exact) mass is 275 g/mol. The van der Waals surface area contributed by atoms with Crippen LogP contribution in [0.25, 0.3) is 0 Å². The first-order valence-corrected chi connectivity index (χ1v) is 7.57. The topological polar surface area (TPSA) is 35.2 Å². The first kappa shape index (κ1) is 15.5. The summed E-state index contributed by atoms with van der Waals surface area (Å²) in [5.41, 5.74) is 7.69. The highest BCUT2D eigenvalue weighted by Crippen LogP contribution is 2.46. The highest BCUT2D eigenvalue weighted by molar-refractivity contribution is 5.27.